The summed E-state index contributed by atoms with van der Waals surface area (Å²) in [4.78, 5) is 4.09. The molecule has 0 amide bonds. The van der Waals surface area contributed by atoms with Crippen molar-refractivity contribution in [2.75, 3.05) is 13.7 Å². The largest absolute Gasteiger partial charge is 0.481 e. The number of aliphatic hydroxyl groups excluding tert-OH is 1. The van der Waals surface area contributed by atoms with Gasteiger partial charge in [-0.25, -0.2) is 9.37 Å². The minimum atomic E-state index is -0.739. The minimum absolute atomic E-state index is 0.343. The summed E-state index contributed by atoms with van der Waals surface area (Å²) >= 11 is 0. The lowest BCUT2D eigenvalue weighted by atomic mass is 10.1. The molecule has 0 saturated carbocycles. The fourth-order valence-corrected chi connectivity index (χ4v) is 1.82. The summed E-state index contributed by atoms with van der Waals surface area (Å²) in [6.07, 6.45) is 0.970. The van der Waals surface area contributed by atoms with Crippen molar-refractivity contribution in [1.29, 1.82) is 0 Å². The van der Waals surface area contributed by atoms with Crippen molar-refractivity contribution >= 4 is 0 Å². The molecule has 1 aromatic carbocycles. The molecule has 0 aliphatic rings. The van der Waals surface area contributed by atoms with Gasteiger partial charge < -0.3 is 15.2 Å². The molecule has 0 fully saturated rings. The molecule has 4 nitrogen and oxygen atoms in total. The summed E-state index contributed by atoms with van der Waals surface area (Å²) in [7, 11) is 1.57. The number of aliphatic hydroxyl groups is 1. The molecule has 1 atom stereocenters. The second kappa shape index (κ2) is 6.98. The SMILES string of the molecule is COc1ccc(CNCC(O)c2cccc(F)c2)cn1. The zero-order valence-corrected chi connectivity index (χ0v) is 11.2. The van der Waals surface area contributed by atoms with Gasteiger partial charge in [-0.2, -0.15) is 0 Å². The number of ether oxygens (including phenoxy) is 1. The quantitative estimate of drug-likeness (QED) is 0.848. The molecule has 0 bridgehead atoms. The van der Waals surface area contributed by atoms with Gasteiger partial charge in [-0.1, -0.05) is 18.2 Å². The number of hydrogen-bond donors (Lipinski definition) is 2. The Bertz CT molecular complexity index is 546. The van der Waals surface area contributed by atoms with E-state index in [9.17, 15) is 9.50 Å². The van der Waals surface area contributed by atoms with Crippen LogP contribution in [0.15, 0.2) is 42.6 Å². The summed E-state index contributed by atoms with van der Waals surface area (Å²) in [6.45, 7) is 0.916. The number of nitrogens with one attached hydrogen (secondary N) is 1. The smallest absolute Gasteiger partial charge is 0.212 e. The maximum atomic E-state index is 13.0. The van der Waals surface area contributed by atoms with Gasteiger partial charge in [0.2, 0.25) is 5.88 Å². The van der Waals surface area contributed by atoms with Crippen molar-refractivity contribution in [3.05, 3.63) is 59.5 Å². The molecule has 0 radical (unpaired) electrons. The monoisotopic (exact) mass is 276 g/mol. The van der Waals surface area contributed by atoms with Crippen LogP contribution in [0.5, 0.6) is 5.88 Å². The van der Waals surface area contributed by atoms with E-state index in [-0.39, 0.29) is 5.82 Å². The summed E-state index contributed by atoms with van der Waals surface area (Å²) < 4.78 is 18.0. The average molecular weight is 276 g/mol. The highest BCUT2D eigenvalue weighted by molar-refractivity contribution is 5.20. The van der Waals surface area contributed by atoms with Crippen LogP contribution in [-0.4, -0.2) is 23.7 Å². The Morgan fingerprint density at radius 2 is 2.20 bits per heavy atom. The molecule has 1 unspecified atom stereocenters. The van der Waals surface area contributed by atoms with Crippen molar-refractivity contribution in [3.63, 3.8) is 0 Å². The first-order valence-corrected chi connectivity index (χ1v) is 6.32. The fourth-order valence-electron chi connectivity index (χ4n) is 1.82. The van der Waals surface area contributed by atoms with E-state index in [0.29, 0.717) is 24.5 Å². The Labute approximate surface area is 117 Å². The lowest BCUT2D eigenvalue weighted by Gasteiger charge is -2.12. The zero-order chi connectivity index (χ0) is 14.4. The molecule has 2 N–H and O–H groups in total. The molecule has 1 aromatic heterocycles. The predicted octanol–water partition coefficient (Wildman–Crippen LogP) is 2.05. The van der Waals surface area contributed by atoms with E-state index < -0.39 is 6.10 Å². The third kappa shape index (κ3) is 4.01. The van der Waals surface area contributed by atoms with Crippen molar-refractivity contribution in [3.8, 4) is 5.88 Å². The predicted molar refractivity (Wildman–Crippen MR) is 73.9 cm³/mol. The lowest BCUT2D eigenvalue weighted by molar-refractivity contribution is 0.174. The topological polar surface area (TPSA) is 54.4 Å². The molecule has 0 aliphatic carbocycles. The van der Waals surface area contributed by atoms with Crippen molar-refractivity contribution < 1.29 is 14.2 Å². The molecule has 0 spiro atoms. The van der Waals surface area contributed by atoms with Gasteiger partial charge in [-0.15, -0.1) is 0 Å². The van der Waals surface area contributed by atoms with E-state index in [4.69, 9.17) is 4.74 Å². The molecule has 1 heterocycles. The van der Waals surface area contributed by atoms with Crippen LogP contribution in [0.2, 0.25) is 0 Å². The maximum absolute atomic E-state index is 13.0. The van der Waals surface area contributed by atoms with Crippen molar-refractivity contribution in [2.45, 2.75) is 12.6 Å². The van der Waals surface area contributed by atoms with Gasteiger partial charge in [0.15, 0.2) is 0 Å². The Morgan fingerprint density at radius 1 is 1.35 bits per heavy atom. The highest BCUT2D eigenvalue weighted by atomic mass is 19.1. The number of nitrogens with zero attached hydrogens (tertiary/aromatic N) is 1. The van der Waals surface area contributed by atoms with Crippen LogP contribution in [0, 0.1) is 5.82 Å². The van der Waals surface area contributed by atoms with Gasteiger partial charge in [0.1, 0.15) is 5.82 Å². The van der Waals surface area contributed by atoms with Gasteiger partial charge in [-0.05, 0) is 23.3 Å². The van der Waals surface area contributed by atoms with Gasteiger partial charge in [0.25, 0.3) is 0 Å². The number of aromatic nitrogens is 1. The molecule has 106 valence electrons. The summed E-state index contributed by atoms with van der Waals surface area (Å²) in [5.74, 6) is 0.217. The molecular weight excluding hydrogens is 259 g/mol. The average Bonchev–Trinajstić information content (AvgIpc) is 2.48. The van der Waals surface area contributed by atoms with Crippen molar-refractivity contribution in [1.82, 2.24) is 10.3 Å². The van der Waals surface area contributed by atoms with E-state index in [2.05, 4.69) is 10.3 Å². The summed E-state index contributed by atoms with van der Waals surface area (Å²) in [6, 6.07) is 9.65. The second-order valence-electron chi connectivity index (χ2n) is 4.41. The van der Waals surface area contributed by atoms with Crippen LogP contribution in [0.25, 0.3) is 0 Å². The normalized spacial score (nSPS) is 12.2. The highest BCUT2D eigenvalue weighted by Crippen LogP contribution is 2.13. The number of halogens is 1. The number of methoxy groups -OCH3 is 1. The first kappa shape index (κ1) is 14.4. The minimum Gasteiger partial charge on any atom is -0.481 e. The van der Waals surface area contributed by atoms with E-state index in [1.54, 1.807) is 31.5 Å². The van der Waals surface area contributed by atoms with Crippen LogP contribution >= 0.6 is 0 Å². The van der Waals surface area contributed by atoms with Crippen LogP contribution < -0.4 is 10.1 Å². The first-order valence-electron chi connectivity index (χ1n) is 6.32. The van der Waals surface area contributed by atoms with Crippen molar-refractivity contribution in [2.24, 2.45) is 0 Å². The molecule has 2 rings (SSSR count). The van der Waals surface area contributed by atoms with Crippen LogP contribution in [0.4, 0.5) is 4.39 Å². The lowest BCUT2D eigenvalue weighted by Crippen LogP contribution is -2.21. The van der Waals surface area contributed by atoms with Crippen LogP contribution in [0.3, 0.4) is 0 Å². The highest BCUT2D eigenvalue weighted by Gasteiger charge is 2.07. The third-order valence-electron chi connectivity index (χ3n) is 2.91. The molecule has 0 aliphatic heterocycles. The molecule has 0 saturated heterocycles. The summed E-state index contributed by atoms with van der Waals surface area (Å²) in [5.41, 5.74) is 1.54. The van der Waals surface area contributed by atoms with Gasteiger partial charge in [-0.3, -0.25) is 0 Å². The van der Waals surface area contributed by atoms with Gasteiger partial charge >= 0.3 is 0 Å². The number of hydrogen-bond acceptors (Lipinski definition) is 4. The Balaban J connectivity index is 1.82. The summed E-state index contributed by atoms with van der Waals surface area (Å²) in [5, 5.41) is 13.0. The second-order valence-corrected chi connectivity index (χ2v) is 4.41. The Morgan fingerprint density at radius 3 is 2.85 bits per heavy atom. The molecule has 20 heavy (non-hydrogen) atoms. The van der Waals surface area contributed by atoms with Gasteiger partial charge in [0.05, 0.1) is 13.2 Å². The molecule has 5 heteroatoms. The van der Waals surface area contributed by atoms with E-state index >= 15 is 0 Å². The number of pyridine rings is 1. The maximum Gasteiger partial charge on any atom is 0.212 e. The molecular formula is C15H17FN2O2. The number of benzene rings is 1. The van der Waals surface area contributed by atoms with Gasteiger partial charge in [0, 0.05) is 25.4 Å². The number of rotatable bonds is 6. The van der Waals surface area contributed by atoms with Crippen LogP contribution in [-0.2, 0) is 6.54 Å². The molecule has 2 aromatic rings. The standard InChI is InChI=1S/C15H17FN2O2/c1-20-15-6-5-11(9-18-15)8-17-10-14(19)12-3-2-4-13(16)7-12/h2-7,9,14,17,19H,8,10H2,1H3. The van der Waals surface area contributed by atoms with E-state index in [1.165, 1.54) is 12.1 Å². The first-order chi connectivity index (χ1) is 9.69. The van der Waals surface area contributed by atoms with Crippen LogP contribution in [0.1, 0.15) is 17.2 Å². The zero-order valence-electron chi connectivity index (χ0n) is 11.2. The fraction of sp³-hybridized carbons (Fsp3) is 0.267. The van der Waals surface area contributed by atoms with E-state index in [0.717, 1.165) is 5.56 Å². The third-order valence-corrected chi connectivity index (χ3v) is 2.91. The van der Waals surface area contributed by atoms with E-state index in [1.807, 2.05) is 6.07 Å². The Kier molecular flexibility index (Phi) is 5.03. The Hall–Kier alpha value is -1.98.